The van der Waals surface area contributed by atoms with Crippen LogP contribution in [0.5, 0.6) is 0 Å². The zero-order chi connectivity index (χ0) is 20.9. The Morgan fingerprint density at radius 2 is 1.97 bits per heavy atom. The van der Waals surface area contributed by atoms with Gasteiger partial charge in [-0.2, -0.15) is 0 Å². The van der Waals surface area contributed by atoms with Gasteiger partial charge < -0.3 is 16.4 Å². The van der Waals surface area contributed by atoms with E-state index >= 15 is 0 Å². The number of nitrogens with zero attached hydrogens (tertiary/aromatic N) is 2. The number of benzene rings is 2. The molecule has 1 aliphatic heterocycles. The number of nitrogens with two attached hydrogens (primary N) is 1. The van der Waals surface area contributed by atoms with Crippen LogP contribution >= 0.6 is 0 Å². The fraction of sp³-hybridized carbons (Fsp3) is 0.375. The number of thiol groups is 1. The van der Waals surface area contributed by atoms with Gasteiger partial charge in [-0.1, -0.05) is 6.07 Å². The Balaban J connectivity index is 1.64. The lowest BCUT2D eigenvalue weighted by molar-refractivity contribution is 0.357. The smallest absolute Gasteiger partial charge is 0.122 e. The van der Waals surface area contributed by atoms with E-state index in [4.69, 9.17) is 5.73 Å². The highest BCUT2D eigenvalue weighted by atomic mass is 32.2. The van der Waals surface area contributed by atoms with Crippen molar-refractivity contribution in [1.82, 2.24) is 14.6 Å². The lowest BCUT2D eigenvalue weighted by atomic mass is 9.97. The van der Waals surface area contributed by atoms with Crippen molar-refractivity contribution in [2.75, 3.05) is 36.9 Å². The molecule has 4 N–H and O–H groups in total. The number of nitrogen functional groups attached to an aromatic ring is 1. The molecule has 0 spiro atoms. The number of nitrogens with one attached hydrogen (secondary N) is 2. The van der Waals surface area contributed by atoms with Crippen LogP contribution in [0.4, 0.5) is 11.4 Å². The number of fused-ring (bicyclic) bond motifs is 1. The van der Waals surface area contributed by atoms with Crippen molar-refractivity contribution in [2.24, 2.45) is 0 Å². The van der Waals surface area contributed by atoms with Gasteiger partial charge in [0, 0.05) is 54.8 Å². The molecule has 0 unspecified atom stereocenters. The van der Waals surface area contributed by atoms with Gasteiger partial charge in [-0.05, 0) is 79.2 Å². The van der Waals surface area contributed by atoms with Gasteiger partial charge in [0.15, 0.2) is 0 Å². The average Bonchev–Trinajstić information content (AvgIpc) is 2.77. The molecule has 158 valence electrons. The van der Waals surface area contributed by atoms with Gasteiger partial charge in [-0.3, -0.25) is 4.98 Å². The Hall–Kier alpha value is -2.28. The predicted octanol–water partition coefficient (Wildman–Crippen LogP) is 3.83. The van der Waals surface area contributed by atoms with Crippen LogP contribution in [-0.2, 0) is 18.5 Å². The van der Waals surface area contributed by atoms with Crippen LogP contribution in [0.15, 0.2) is 48.8 Å². The van der Waals surface area contributed by atoms with Crippen molar-refractivity contribution in [2.45, 2.75) is 32.4 Å². The molecule has 0 radical (unpaired) electrons. The molecule has 0 aliphatic carbocycles. The molecule has 2 aromatic carbocycles. The standard InChI is InChI=1S/C24H31N5S/c1-3-30-29-10-7-21(8-11-29)28-24-14-19(13-18-6-9-27-16-22(18)24)17-4-5-23(25)20(12-17)15-26-2/h4-6,9,12-14,16,21,26,28H,3,7-8,10-11,15,25H2,1-2H3/p+1. The van der Waals surface area contributed by atoms with E-state index in [0.29, 0.717) is 6.04 Å². The molecule has 5 nitrogen and oxygen atoms in total. The van der Waals surface area contributed by atoms with Crippen molar-refractivity contribution in [1.29, 1.82) is 0 Å². The molecule has 4 rings (SSSR count). The number of pyridine rings is 1. The molecule has 2 heterocycles. The van der Waals surface area contributed by atoms with E-state index in [0.717, 1.165) is 30.9 Å². The zero-order valence-electron chi connectivity index (χ0n) is 17.9. The monoisotopic (exact) mass is 422 g/mol. The van der Waals surface area contributed by atoms with E-state index in [1.54, 1.807) is 0 Å². The fourth-order valence-electron chi connectivity index (χ4n) is 4.19. The number of hydrogen-bond acceptors (Lipinski definition) is 5. The van der Waals surface area contributed by atoms with E-state index in [2.05, 4.69) is 57.2 Å². The van der Waals surface area contributed by atoms with Gasteiger partial charge in [-0.15, -0.1) is 4.31 Å². The van der Waals surface area contributed by atoms with Gasteiger partial charge in [0.1, 0.15) is 5.75 Å². The van der Waals surface area contributed by atoms with Crippen molar-refractivity contribution in [3.05, 3.63) is 54.4 Å². The zero-order valence-corrected chi connectivity index (χ0v) is 18.8. The Morgan fingerprint density at radius 1 is 1.13 bits per heavy atom. The highest BCUT2D eigenvalue weighted by Gasteiger charge is 2.23. The highest BCUT2D eigenvalue weighted by Crippen LogP contribution is 2.33. The lowest BCUT2D eigenvalue weighted by Gasteiger charge is -2.28. The highest BCUT2D eigenvalue weighted by molar-refractivity contribution is 7.76. The van der Waals surface area contributed by atoms with Crippen molar-refractivity contribution in [3.63, 3.8) is 0 Å². The number of piperidine rings is 1. The largest absolute Gasteiger partial charge is 0.398 e. The summed E-state index contributed by atoms with van der Waals surface area (Å²) in [4.78, 5) is 4.38. The fourth-order valence-corrected chi connectivity index (χ4v) is 5.10. The van der Waals surface area contributed by atoms with Crippen LogP contribution in [0.1, 0.15) is 25.3 Å². The van der Waals surface area contributed by atoms with Gasteiger partial charge in [0.2, 0.25) is 0 Å². The van der Waals surface area contributed by atoms with Gasteiger partial charge in [0.25, 0.3) is 0 Å². The second kappa shape index (κ2) is 9.69. The Kier molecular flexibility index (Phi) is 6.77. The van der Waals surface area contributed by atoms with Crippen LogP contribution in [0.3, 0.4) is 0 Å². The second-order valence-corrected chi connectivity index (χ2v) is 9.38. The third-order valence-corrected chi connectivity index (χ3v) is 6.85. The van der Waals surface area contributed by atoms with Crippen LogP contribution < -0.4 is 16.4 Å². The molecule has 0 saturated carbocycles. The average molecular weight is 423 g/mol. The maximum atomic E-state index is 6.17. The summed E-state index contributed by atoms with van der Waals surface area (Å²) >= 11 is 1.46. The third kappa shape index (κ3) is 4.72. The van der Waals surface area contributed by atoms with Crippen molar-refractivity contribution in [3.8, 4) is 11.1 Å². The molecule has 0 bridgehead atoms. The number of aromatic nitrogens is 1. The Morgan fingerprint density at radius 3 is 2.73 bits per heavy atom. The summed E-state index contributed by atoms with van der Waals surface area (Å²) in [6.07, 6.45) is 6.19. The number of hydrogen-bond donors (Lipinski definition) is 3. The first-order valence-electron chi connectivity index (χ1n) is 10.8. The molecular weight excluding hydrogens is 390 g/mol. The quantitative estimate of drug-likeness (QED) is 0.307. The van der Waals surface area contributed by atoms with Crippen LogP contribution in [-0.4, -0.2) is 41.2 Å². The molecule has 1 aliphatic rings. The molecular formula is C24H32N5S+. The van der Waals surface area contributed by atoms with Gasteiger partial charge >= 0.3 is 0 Å². The maximum Gasteiger partial charge on any atom is 0.122 e. The predicted molar refractivity (Wildman–Crippen MR) is 132 cm³/mol. The second-order valence-electron chi connectivity index (χ2n) is 7.89. The summed E-state index contributed by atoms with van der Waals surface area (Å²) in [5, 5.41) is 9.44. The molecule has 30 heavy (non-hydrogen) atoms. The number of rotatable bonds is 7. The minimum Gasteiger partial charge on any atom is -0.398 e. The van der Waals surface area contributed by atoms with E-state index in [1.807, 2.05) is 25.5 Å². The summed E-state index contributed by atoms with van der Waals surface area (Å²) in [6, 6.07) is 13.4. The van der Waals surface area contributed by atoms with E-state index in [9.17, 15) is 0 Å². The van der Waals surface area contributed by atoms with Gasteiger partial charge in [0.05, 0.1) is 11.9 Å². The van der Waals surface area contributed by atoms with E-state index in [1.165, 1.54) is 58.1 Å². The van der Waals surface area contributed by atoms with Crippen LogP contribution in [0.25, 0.3) is 21.9 Å². The minimum absolute atomic E-state index is 0.498. The van der Waals surface area contributed by atoms with Crippen LogP contribution in [0, 0.1) is 0 Å². The first-order valence-corrected chi connectivity index (χ1v) is 11.8. The topological polar surface area (TPSA) is 66.2 Å². The first kappa shape index (κ1) is 21.0. The summed E-state index contributed by atoms with van der Waals surface area (Å²) in [7, 11) is 1.95. The van der Waals surface area contributed by atoms with Crippen LogP contribution in [0.2, 0.25) is 0 Å². The van der Waals surface area contributed by atoms with E-state index in [-0.39, 0.29) is 0 Å². The summed E-state index contributed by atoms with van der Waals surface area (Å²) in [5.41, 5.74) is 11.7. The number of anilines is 2. The SMILES string of the molecule is CC[SH+]N1CCC(Nc2cc(-c3ccc(N)c(CNC)c3)cc3ccncc23)CC1. The molecule has 0 atom stereocenters. The molecule has 0 amide bonds. The van der Waals surface area contributed by atoms with E-state index < -0.39 is 0 Å². The molecule has 1 saturated heterocycles. The van der Waals surface area contributed by atoms with Crippen molar-refractivity contribution < 1.29 is 0 Å². The van der Waals surface area contributed by atoms with Gasteiger partial charge in [-0.25, -0.2) is 0 Å². The molecule has 1 aromatic heterocycles. The van der Waals surface area contributed by atoms with Crippen molar-refractivity contribution >= 4 is 34.1 Å². The summed E-state index contributed by atoms with van der Waals surface area (Å²) in [5.74, 6) is 1.20. The minimum atomic E-state index is 0.498. The maximum absolute atomic E-state index is 6.17. The summed E-state index contributed by atoms with van der Waals surface area (Å²) in [6.45, 7) is 5.33. The lowest BCUT2D eigenvalue weighted by Crippen LogP contribution is -2.38. The Labute approximate surface area is 183 Å². The molecule has 1 fully saturated rings. The first-order chi connectivity index (χ1) is 14.7. The molecule has 3 aromatic rings. The summed E-state index contributed by atoms with van der Waals surface area (Å²) < 4.78 is 2.55. The molecule has 6 heteroatoms. The normalized spacial score (nSPS) is 15.5. The Bertz CT molecular complexity index is 998. The third-order valence-electron chi connectivity index (χ3n) is 5.77.